The van der Waals surface area contributed by atoms with Crippen molar-refractivity contribution in [3.63, 3.8) is 0 Å². The number of methoxy groups -OCH3 is 1. The Bertz CT molecular complexity index is 920. The van der Waals surface area contributed by atoms with E-state index < -0.39 is 0 Å². The van der Waals surface area contributed by atoms with Crippen LogP contribution in [0.1, 0.15) is 5.56 Å². The van der Waals surface area contributed by atoms with E-state index in [9.17, 15) is 5.26 Å². The van der Waals surface area contributed by atoms with Crippen molar-refractivity contribution in [3.8, 4) is 11.8 Å². The highest BCUT2D eigenvalue weighted by Crippen LogP contribution is 2.38. The number of ether oxygens (including phenoxy) is 1. The van der Waals surface area contributed by atoms with Crippen molar-refractivity contribution in [2.45, 2.75) is 4.34 Å². The fourth-order valence-corrected chi connectivity index (χ4v) is 3.70. The zero-order valence-corrected chi connectivity index (χ0v) is 14.6. The molecule has 8 heteroatoms. The van der Waals surface area contributed by atoms with Gasteiger partial charge in [-0.3, -0.25) is 0 Å². The van der Waals surface area contributed by atoms with Gasteiger partial charge in [0, 0.05) is 12.3 Å². The molecule has 0 spiro atoms. The predicted octanol–water partition coefficient (Wildman–Crippen LogP) is 4.69. The van der Waals surface area contributed by atoms with Crippen LogP contribution in [-0.2, 0) is 0 Å². The maximum Gasteiger partial charge on any atom is 0.173 e. The number of aromatic nitrogens is 2. The van der Waals surface area contributed by atoms with E-state index in [4.69, 9.17) is 16.3 Å². The summed E-state index contributed by atoms with van der Waals surface area (Å²) in [6.07, 6.45) is 3.47. The highest BCUT2D eigenvalue weighted by molar-refractivity contribution is 8.00. The summed E-state index contributed by atoms with van der Waals surface area (Å²) in [5.74, 6) is 0.676. The molecular formula is C15H11ClN4OS2. The van der Waals surface area contributed by atoms with E-state index in [-0.39, 0.29) is 0 Å². The Morgan fingerprint density at radius 3 is 2.96 bits per heavy atom. The fraction of sp³-hybridized carbons (Fsp3) is 0.133. The zero-order valence-electron chi connectivity index (χ0n) is 12.3. The Morgan fingerprint density at radius 2 is 2.26 bits per heavy atom. The normalized spacial score (nSPS) is 10.5. The minimum Gasteiger partial charge on any atom is -0.497 e. The van der Waals surface area contributed by atoms with E-state index >= 15 is 0 Å². The number of pyridine rings is 1. The van der Waals surface area contributed by atoms with Crippen molar-refractivity contribution in [1.82, 2.24) is 9.97 Å². The van der Waals surface area contributed by atoms with Gasteiger partial charge in [0.05, 0.1) is 33.8 Å². The molecule has 0 bridgehead atoms. The van der Waals surface area contributed by atoms with Crippen LogP contribution in [0.5, 0.6) is 5.75 Å². The number of nitriles is 1. The summed E-state index contributed by atoms with van der Waals surface area (Å²) >= 11 is 9.28. The number of hydrogen-bond acceptors (Lipinski definition) is 7. The number of rotatable bonds is 4. The van der Waals surface area contributed by atoms with Gasteiger partial charge in [0.15, 0.2) is 9.99 Å². The van der Waals surface area contributed by atoms with Crippen molar-refractivity contribution in [3.05, 3.63) is 35.0 Å². The van der Waals surface area contributed by atoms with Crippen molar-refractivity contribution in [2.75, 3.05) is 18.7 Å². The number of hydrogen-bond donors (Lipinski definition) is 1. The maximum absolute atomic E-state index is 9.38. The van der Waals surface area contributed by atoms with E-state index in [0.717, 1.165) is 9.04 Å². The summed E-state index contributed by atoms with van der Waals surface area (Å²) in [5, 5.41) is 13.2. The first-order chi connectivity index (χ1) is 11.2. The molecule has 0 unspecified atom stereocenters. The number of benzene rings is 1. The minimum atomic E-state index is 0.438. The van der Waals surface area contributed by atoms with Gasteiger partial charge in [0.2, 0.25) is 0 Å². The van der Waals surface area contributed by atoms with Crippen molar-refractivity contribution >= 4 is 56.4 Å². The first kappa shape index (κ1) is 15.9. The molecule has 116 valence electrons. The molecule has 0 saturated heterocycles. The van der Waals surface area contributed by atoms with Crippen LogP contribution in [0.3, 0.4) is 0 Å². The van der Waals surface area contributed by atoms with Gasteiger partial charge in [-0.05, 0) is 18.4 Å². The van der Waals surface area contributed by atoms with Gasteiger partial charge in [0.25, 0.3) is 0 Å². The molecule has 0 amide bonds. The molecule has 0 aliphatic heterocycles. The summed E-state index contributed by atoms with van der Waals surface area (Å²) < 4.78 is 6.94. The van der Waals surface area contributed by atoms with Crippen LogP contribution in [0.2, 0.25) is 5.02 Å². The van der Waals surface area contributed by atoms with Gasteiger partial charge in [-0.2, -0.15) is 5.26 Å². The summed E-state index contributed by atoms with van der Waals surface area (Å²) in [6.45, 7) is 0. The lowest BCUT2D eigenvalue weighted by Gasteiger charge is -2.11. The standard InChI is InChI=1S/C15H11ClN4OS2/c1-21-9-3-4-10(16)11(5-9)19-12-8(6-17)7-18-14-13(12)23-15(20-14)22-2/h3-5,7H,1-2H3,(H,18,19). The van der Waals surface area contributed by atoms with Crippen molar-refractivity contribution in [2.24, 2.45) is 0 Å². The summed E-state index contributed by atoms with van der Waals surface area (Å²) in [5.41, 5.74) is 2.37. The average molecular weight is 363 g/mol. The quantitative estimate of drug-likeness (QED) is 0.679. The SMILES string of the molecule is COc1ccc(Cl)c(Nc2c(C#N)cnc3nc(SC)sc23)c1. The lowest BCUT2D eigenvalue weighted by atomic mass is 10.2. The molecule has 0 aliphatic rings. The third kappa shape index (κ3) is 3.06. The summed E-state index contributed by atoms with van der Waals surface area (Å²) in [4.78, 5) is 8.67. The van der Waals surface area contributed by atoms with E-state index in [1.807, 2.05) is 6.26 Å². The molecular weight excluding hydrogens is 352 g/mol. The molecule has 2 heterocycles. The van der Waals surface area contributed by atoms with Crippen molar-refractivity contribution in [1.29, 1.82) is 5.26 Å². The molecule has 0 fully saturated rings. The number of nitrogens with zero attached hydrogens (tertiary/aromatic N) is 3. The summed E-state index contributed by atoms with van der Waals surface area (Å²) in [7, 11) is 1.59. The molecule has 1 N–H and O–H groups in total. The van der Waals surface area contributed by atoms with Gasteiger partial charge < -0.3 is 10.1 Å². The monoisotopic (exact) mass is 362 g/mol. The van der Waals surface area contributed by atoms with Gasteiger partial charge in [-0.1, -0.05) is 23.4 Å². The van der Waals surface area contributed by atoms with E-state index in [1.165, 1.54) is 17.5 Å². The van der Waals surface area contributed by atoms with Crippen LogP contribution in [0, 0.1) is 11.3 Å². The van der Waals surface area contributed by atoms with Crippen LogP contribution in [0.4, 0.5) is 11.4 Å². The summed E-state index contributed by atoms with van der Waals surface area (Å²) in [6, 6.07) is 7.46. The van der Waals surface area contributed by atoms with Crippen LogP contribution < -0.4 is 10.1 Å². The smallest absolute Gasteiger partial charge is 0.173 e. The fourth-order valence-electron chi connectivity index (χ4n) is 2.01. The van der Waals surface area contributed by atoms with E-state index in [1.54, 1.807) is 37.1 Å². The third-order valence-corrected chi connectivity index (χ3v) is 5.51. The largest absolute Gasteiger partial charge is 0.497 e. The van der Waals surface area contributed by atoms with Crippen LogP contribution in [0.25, 0.3) is 10.3 Å². The molecule has 1 aromatic carbocycles. The third-order valence-electron chi connectivity index (χ3n) is 3.13. The van der Waals surface area contributed by atoms with E-state index in [2.05, 4.69) is 21.4 Å². The Hall–Kier alpha value is -2.01. The molecule has 3 rings (SSSR count). The average Bonchev–Trinajstić information content (AvgIpc) is 3.00. The molecule has 5 nitrogen and oxygen atoms in total. The van der Waals surface area contributed by atoms with Gasteiger partial charge in [0.1, 0.15) is 11.8 Å². The molecule has 0 aliphatic carbocycles. The number of thiazole rings is 1. The lowest BCUT2D eigenvalue weighted by molar-refractivity contribution is 0.415. The number of thioether (sulfide) groups is 1. The lowest BCUT2D eigenvalue weighted by Crippen LogP contribution is -1.97. The first-order valence-electron chi connectivity index (χ1n) is 6.50. The number of anilines is 2. The van der Waals surface area contributed by atoms with E-state index in [0.29, 0.717) is 33.4 Å². The Balaban J connectivity index is 2.15. The first-order valence-corrected chi connectivity index (χ1v) is 8.92. The molecule has 0 saturated carbocycles. The van der Waals surface area contributed by atoms with Gasteiger partial charge in [-0.25, -0.2) is 9.97 Å². The topological polar surface area (TPSA) is 70.8 Å². The Morgan fingerprint density at radius 1 is 1.43 bits per heavy atom. The molecule has 0 atom stereocenters. The second-order valence-electron chi connectivity index (χ2n) is 4.47. The van der Waals surface area contributed by atoms with Gasteiger partial charge in [-0.15, -0.1) is 11.3 Å². The Labute approximate surface area is 146 Å². The van der Waals surface area contributed by atoms with Crippen molar-refractivity contribution < 1.29 is 4.74 Å². The van der Waals surface area contributed by atoms with Gasteiger partial charge >= 0.3 is 0 Å². The molecule has 0 radical (unpaired) electrons. The highest BCUT2D eigenvalue weighted by Gasteiger charge is 2.15. The minimum absolute atomic E-state index is 0.438. The highest BCUT2D eigenvalue weighted by atomic mass is 35.5. The molecule has 23 heavy (non-hydrogen) atoms. The number of fused-ring (bicyclic) bond motifs is 1. The second-order valence-corrected chi connectivity index (χ2v) is 6.93. The maximum atomic E-state index is 9.38. The zero-order chi connectivity index (χ0) is 16.4. The Kier molecular flexibility index (Phi) is 4.57. The van der Waals surface area contributed by atoms with Crippen LogP contribution >= 0.6 is 34.7 Å². The molecule has 3 aromatic rings. The molecule has 2 aromatic heterocycles. The second kappa shape index (κ2) is 6.62. The number of nitrogens with one attached hydrogen (secondary N) is 1. The predicted molar refractivity (Wildman–Crippen MR) is 95.2 cm³/mol. The number of halogens is 1. The van der Waals surface area contributed by atoms with Crippen LogP contribution in [-0.4, -0.2) is 23.3 Å². The van der Waals surface area contributed by atoms with Crippen LogP contribution in [0.15, 0.2) is 28.7 Å².